The number of aryl methyl sites for hydroxylation is 1. The van der Waals surface area contributed by atoms with Crippen LogP contribution in [-0.2, 0) is 31.6 Å². The fourth-order valence-electron chi connectivity index (χ4n) is 3.19. The first-order valence-corrected chi connectivity index (χ1v) is 11.6. The lowest BCUT2D eigenvalue weighted by Gasteiger charge is -2.22. The number of benzene rings is 2. The van der Waals surface area contributed by atoms with Crippen molar-refractivity contribution in [3.05, 3.63) is 65.7 Å². The number of hydrogen-bond donors (Lipinski definition) is 0. The van der Waals surface area contributed by atoms with Gasteiger partial charge in [-0.1, -0.05) is 64.0 Å². The van der Waals surface area contributed by atoms with Crippen LogP contribution in [0.3, 0.4) is 0 Å². The minimum Gasteiger partial charge on any atom is -0.376 e. The number of ether oxygens (including phenoxy) is 3. The highest BCUT2D eigenvalue weighted by molar-refractivity contribution is 9.09. The van der Waals surface area contributed by atoms with E-state index in [0.29, 0.717) is 19.0 Å². The molecule has 0 saturated carbocycles. The lowest BCUT2D eigenvalue weighted by molar-refractivity contribution is -0.145. The molecule has 0 spiro atoms. The average Bonchev–Trinajstić information content (AvgIpc) is 2.97. The summed E-state index contributed by atoms with van der Waals surface area (Å²) in [4.78, 5) is 0.752. The topological polar surface area (TPSA) is 44.8 Å². The Hall–Kier alpha value is -1.05. The molecule has 0 radical (unpaired) electrons. The van der Waals surface area contributed by atoms with E-state index in [1.54, 1.807) is 0 Å². The molecule has 0 amide bonds. The Kier molecular flexibility index (Phi) is 7.45. The van der Waals surface area contributed by atoms with Crippen molar-refractivity contribution >= 4 is 26.7 Å². The van der Waals surface area contributed by atoms with Gasteiger partial charge in [-0.3, -0.25) is 4.21 Å². The van der Waals surface area contributed by atoms with E-state index in [0.717, 1.165) is 16.0 Å². The molecule has 0 bridgehead atoms. The molecule has 1 heterocycles. The fourth-order valence-corrected chi connectivity index (χ4v) is 5.02. The first kappa shape index (κ1) is 21.7. The van der Waals surface area contributed by atoms with Gasteiger partial charge in [0.05, 0.1) is 34.6 Å². The summed E-state index contributed by atoms with van der Waals surface area (Å²) >= 11 is 3.70. The third-order valence-corrected chi connectivity index (χ3v) is 6.78. The van der Waals surface area contributed by atoms with Crippen LogP contribution in [0.1, 0.15) is 25.0 Å². The second-order valence-electron chi connectivity index (χ2n) is 7.48. The van der Waals surface area contributed by atoms with Crippen molar-refractivity contribution in [1.82, 2.24) is 0 Å². The summed E-state index contributed by atoms with van der Waals surface area (Å²) < 4.78 is 30.8. The van der Waals surface area contributed by atoms with E-state index in [2.05, 4.69) is 15.9 Å². The van der Waals surface area contributed by atoms with Crippen molar-refractivity contribution < 1.29 is 18.4 Å². The highest BCUT2D eigenvalue weighted by atomic mass is 79.9. The number of rotatable bonds is 8. The fraction of sp³-hybridized carbons (Fsp3) is 0.455. The molecule has 3 rings (SSSR count). The van der Waals surface area contributed by atoms with Gasteiger partial charge in [-0.25, -0.2) is 0 Å². The maximum Gasteiger partial charge on any atom is 0.163 e. The summed E-state index contributed by atoms with van der Waals surface area (Å²) in [7, 11) is -1.15. The zero-order valence-electron chi connectivity index (χ0n) is 16.5. The average molecular weight is 467 g/mol. The number of alkyl halides is 1. The number of hydrogen-bond acceptors (Lipinski definition) is 4. The molecule has 0 aromatic heterocycles. The lowest BCUT2D eigenvalue weighted by Crippen LogP contribution is -2.37. The molecule has 4 nitrogen and oxygen atoms in total. The van der Waals surface area contributed by atoms with Gasteiger partial charge in [-0.15, -0.1) is 0 Å². The van der Waals surface area contributed by atoms with Gasteiger partial charge in [0, 0.05) is 4.90 Å². The van der Waals surface area contributed by atoms with Gasteiger partial charge in [-0.05, 0) is 38.5 Å². The molecular formula is C22H27BrO4S. The normalized spacial score (nSPS) is 23.4. The molecule has 0 aliphatic carbocycles. The molecule has 1 aliphatic rings. The van der Waals surface area contributed by atoms with Gasteiger partial charge in [-0.2, -0.15) is 0 Å². The van der Waals surface area contributed by atoms with Crippen LogP contribution < -0.4 is 0 Å². The summed E-state index contributed by atoms with van der Waals surface area (Å²) in [5.74, 6) is -0.323. The van der Waals surface area contributed by atoms with E-state index in [1.165, 1.54) is 0 Å². The van der Waals surface area contributed by atoms with E-state index in [9.17, 15) is 4.21 Å². The molecule has 4 atom stereocenters. The second-order valence-corrected chi connectivity index (χ2v) is 10.2. The lowest BCUT2D eigenvalue weighted by atomic mass is 10.2. The molecule has 1 fully saturated rings. The summed E-state index contributed by atoms with van der Waals surface area (Å²) in [6.45, 7) is 6.81. The molecule has 0 N–H and O–H groups in total. The Morgan fingerprint density at radius 2 is 1.79 bits per heavy atom. The SMILES string of the molecule is Cc1ccc([S@@](=O)C[C@H]2OC(C)(C)O[C@@H]2[C@H](Br)COCc2ccccc2)cc1. The maximum atomic E-state index is 12.8. The second kappa shape index (κ2) is 9.63. The van der Waals surface area contributed by atoms with Crippen molar-refractivity contribution in [3.8, 4) is 0 Å². The summed E-state index contributed by atoms with van der Waals surface area (Å²) in [5.41, 5.74) is 2.28. The van der Waals surface area contributed by atoms with Crippen LogP contribution in [0, 0.1) is 6.92 Å². The molecule has 1 saturated heterocycles. The Morgan fingerprint density at radius 1 is 1.11 bits per heavy atom. The Balaban J connectivity index is 1.59. The van der Waals surface area contributed by atoms with Crippen LogP contribution in [0.2, 0.25) is 0 Å². The predicted molar refractivity (Wildman–Crippen MR) is 115 cm³/mol. The summed E-state index contributed by atoms with van der Waals surface area (Å²) in [6.07, 6.45) is -0.512. The maximum absolute atomic E-state index is 12.8. The van der Waals surface area contributed by atoms with E-state index in [-0.39, 0.29) is 17.0 Å². The minimum absolute atomic E-state index is 0.0574. The van der Waals surface area contributed by atoms with Crippen LogP contribution in [-0.4, -0.2) is 39.4 Å². The Labute approximate surface area is 178 Å². The summed E-state index contributed by atoms with van der Waals surface area (Å²) in [5, 5.41) is 0. The van der Waals surface area contributed by atoms with E-state index in [4.69, 9.17) is 14.2 Å². The third-order valence-electron chi connectivity index (χ3n) is 4.57. The third kappa shape index (κ3) is 5.97. The standard InChI is InChI=1S/C22H27BrO4S/c1-16-9-11-18(12-10-16)28(24)15-20-21(27-22(2,3)26-20)19(23)14-25-13-17-7-5-4-6-8-17/h4-12,19-21H,13-15H2,1-3H3/t19-,20-,21-,28+/m1/s1. The smallest absolute Gasteiger partial charge is 0.163 e. The minimum atomic E-state index is -1.15. The first-order chi connectivity index (χ1) is 13.3. The molecule has 2 aromatic rings. The van der Waals surface area contributed by atoms with Gasteiger partial charge in [0.1, 0.15) is 12.2 Å². The molecule has 1 aliphatic heterocycles. The van der Waals surface area contributed by atoms with E-state index in [1.807, 2.05) is 75.4 Å². The molecule has 6 heteroatoms. The van der Waals surface area contributed by atoms with Crippen molar-refractivity contribution in [2.75, 3.05) is 12.4 Å². The molecule has 2 aromatic carbocycles. The van der Waals surface area contributed by atoms with Crippen LogP contribution in [0.15, 0.2) is 59.5 Å². The summed E-state index contributed by atoms with van der Waals surface area (Å²) in [6, 6.07) is 17.8. The Morgan fingerprint density at radius 3 is 2.46 bits per heavy atom. The van der Waals surface area contributed by atoms with Crippen LogP contribution in [0.4, 0.5) is 0 Å². The zero-order chi connectivity index (χ0) is 20.1. The molecule has 0 unspecified atom stereocenters. The quantitative estimate of drug-likeness (QED) is 0.533. The van der Waals surface area contributed by atoms with Gasteiger partial charge < -0.3 is 14.2 Å². The van der Waals surface area contributed by atoms with Gasteiger partial charge in [0.2, 0.25) is 0 Å². The van der Waals surface area contributed by atoms with E-state index >= 15 is 0 Å². The largest absolute Gasteiger partial charge is 0.376 e. The molecular weight excluding hydrogens is 440 g/mol. The predicted octanol–water partition coefficient (Wildman–Crippen LogP) is 4.60. The van der Waals surface area contributed by atoms with Crippen LogP contribution in [0.5, 0.6) is 0 Å². The highest BCUT2D eigenvalue weighted by Crippen LogP contribution is 2.33. The molecule has 152 valence electrons. The van der Waals surface area contributed by atoms with Gasteiger partial charge in [0.15, 0.2) is 5.79 Å². The van der Waals surface area contributed by atoms with Crippen LogP contribution in [0.25, 0.3) is 0 Å². The van der Waals surface area contributed by atoms with E-state index < -0.39 is 16.6 Å². The van der Waals surface area contributed by atoms with Crippen molar-refractivity contribution in [3.63, 3.8) is 0 Å². The van der Waals surface area contributed by atoms with Crippen molar-refractivity contribution in [2.45, 2.75) is 55.1 Å². The van der Waals surface area contributed by atoms with Crippen molar-refractivity contribution in [1.29, 1.82) is 0 Å². The van der Waals surface area contributed by atoms with Gasteiger partial charge >= 0.3 is 0 Å². The Bertz CT molecular complexity index is 779. The van der Waals surface area contributed by atoms with Crippen molar-refractivity contribution in [2.24, 2.45) is 0 Å². The van der Waals surface area contributed by atoms with Crippen LogP contribution >= 0.6 is 15.9 Å². The highest BCUT2D eigenvalue weighted by Gasteiger charge is 2.45. The zero-order valence-corrected chi connectivity index (χ0v) is 18.9. The van der Waals surface area contributed by atoms with Gasteiger partial charge in [0.25, 0.3) is 0 Å². The number of halogens is 1. The molecule has 28 heavy (non-hydrogen) atoms. The monoisotopic (exact) mass is 466 g/mol. The first-order valence-electron chi connectivity index (χ1n) is 9.40.